The normalized spacial score (nSPS) is 10.2. The number of hydrogen-bond acceptors (Lipinski definition) is 4. The van der Waals surface area contributed by atoms with Crippen LogP contribution in [-0.4, -0.2) is 31.3 Å². The van der Waals surface area contributed by atoms with Gasteiger partial charge in [0.1, 0.15) is 17.2 Å². The summed E-state index contributed by atoms with van der Waals surface area (Å²) in [4.78, 5) is 2.11. The van der Waals surface area contributed by atoms with Crippen molar-refractivity contribution in [3.8, 4) is 17.2 Å². The summed E-state index contributed by atoms with van der Waals surface area (Å²) in [7, 11) is 4.99. The number of nitrogens with zero attached hydrogens (tertiary/aromatic N) is 1. The monoisotopic (exact) mass is 422 g/mol. The number of benzene rings is 3. The first-order valence-electron chi connectivity index (χ1n) is 9.57. The van der Waals surface area contributed by atoms with Crippen molar-refractivity contribution in [3.63, 3.8) is 0 Å². The molecule has 6 heteroatoms. The number of hydrogen-bond donors (Lipinski definition) is 1. The first-order valence-corrected chi connectivity index (χ1v) is 9.98. The minimum Gasteiger partial charge on any atom is -0.497 e. The van der Waals surface area contributed by atoms with Gasteiger partial charge in [0.05, 0.1) is 21.3 Å². The highest BCUT2D eigenvalue weighted by Gasteiger charge is 2.14. The van der Waals surface area contributed by atoms with Gasteiger partial charge in [-0.15, -0.1) is 0 Å². The molecule has 3 aromatic rings. The Morgan fingerprint density at radius 1 is 0.800 bits per heavy atom. The quantitative estimate of drug-likeness (QED) is 0.509. The minimum atomic E-state index is 0.603. The van der Waals surface area contributed by atoms with E-state index in [0.717, 1.165) is 34.1 Å². The predicted octanol–water partition coefficient (Wildman–Crippen LogP) is 5.11. The Balaban J connectivity index is 1.83. The standard InChI is InChI=1S/C24H26N2O3S/c1-27-21-13-11-18(12-14-21)16-26(17-19-7-4-5-10-23(19)29-3)24(30)25-20-8-6-9-22(15-20)28-2/h4-15H,16-17H2,1-3H3,(H,25,30). The lowest BCUT2D eigenvalue weighted by atomic mass is 10.1. The van der Waals surface area contributed by atoms with E-state index >= 15 is 0 Å². The zero-order valence-corrected chi connectivity index (χ0v) is 18.2. The molecule has 1 N–H and O–H groups in total. The van der Waals surface area contributed by atoms with E-state index in [2.05, 4.69) is 10.2 Å². The molecule has 156 valence electrons. The second kappa shape index (κ2) is 10.5. The summed E-state index contributed by atoms with van der Waals surface area (Å²) in [6.45, 7) is 1.24. The first-order chi connectivity index (χ1) is 14.6. The highest BCUT2D eigenvalue weighted by molar-refractivity contribution is 7.80. The van der Waals surface area contributed by atoms with Crippen LogP contribution in [0.4, 0.5) is 5.69 Å². The Bertz CT molecular complexity index is 976. The second-order valence-corrected chi connectivity index (χ2v) is 7.06. The molecule has 0 bridgehead atoms. The summed E-state index contributed by atoms with van der Waals surface area (Å²) in [5.74, 6) is 2.43. The van der Waals surface area contributed by atoms with Crippen LogP contribution in [0.1, 0.15) is 11.1 Å². The van der Waals surface area contributed by atoms with Gasteiger partial charge < -0.3 is 24.4 Å². The molecule has 3 aromatic carbocycles. The van der Waals surface area contributed by atoms with E-state index in [0.29, 0.717) is 18.2 Å². The number of para-hydroxylation sites is 1. The van der Waals surface area contributed by atoms with Gasteiger partial charge in [-0.05, 0) is 48.1 Å². The average Bonchev–Trinajstić information content (AvgIpc) is 2.79. The van der Waals surface area contributed by atoms with Crippen LogP contribution in [0.15, 0.2) is 72.8 Å². The van der Waals surface area contributed by atoms with Gasteiger partial charge in [-0.25, -0.2) is 0 Å². The van der Waals surface area contributed by atoms with Crippen LogP contribution < -0.4 is 19.5 Å². The van der Waals surface area contributed by atoms with Crippen LogP contribution in [-0.2, 0) is 13.1 Å². The van der Waals surface area contributed by atoms with E-state index in [4.69, 9.17) is 26.4 Å². The van der Waals surface area contributed by atoms with Crippen molar-refractivity contribution in [2.45, 2.75) is 13.1 Å². The van der Waals surface area contributed by atoms with Crippen molar-refractivity contribution < 1.29 is 14.2 Å². The first kappa shape index (κ1) is 21.5. The molecule has 0 spiro atoms. The highest BCUT2D eigenvalue weighted by Crippen LogP contribution is 2.23. The molecular formula is C24H26N2O3S. The molecule has 0 saturated heterocycles. The van der Waals surface area contributed by atoms with E-state index in [9.17, 15) is 0 Å². The summed E-state index contributed by atoms with van der Waals surface area (Å²) < 4.78 is 16.1. The molecular weight excluding hydrogens is 396 g/mol. The fraction of sp³-hybridized carbons (Fsp3) is 0.208. The minimum absolute atomic E-state index is 0.603. The summed E-state index contributed by atoms with van der Waals surface area (Å²) >= 11 is 5.77. The van der Waals surface area contributed by atoms with Crippen molar-refractivity contribution in [2.75, 3.05) is 26.6 Å². The summed E-state index contributed by atoms with van der Waals surface area (Å²) in [6.07, 6.45) is 0. The number of thiocarbonyl (C=S) groups is 1. The van der Waals surface area contributed by atoms with Gasteiger partial charge in [-0.1, -0.05) is 36.4 Å². The summed E-state index contributed by atoms with van der Waals surface area (Å²) in [6, 6.07) is 23.7. The molecule has 0 aromatic heterocycles. The maximum absolute atomic E-state index is 5.77. The third-order valence-corrected chi connectivity index (χ3v) is 5.05. The van der Waals surface area contributed by atoms with Gasteiger partial charge in [0.15, 0.2) is 5.11 Å². The molecule has 3 rings (SSSR count). The van der Waals surface area contributed by atoms with E-state index in [-0.39, 0.29) is 0 Å². The molecule has 0 saturated carbocycles. The van der Waals surface area contributed by atoms with Gasteiger partial charge in [0.25, 0.3) is 0 Å². The third kappa shape index (κ3) is 5.64. The maximum atomic E-state index is 5.77. The smallest absolute Gasteiger partial charge is 0.174 e. The Morgan fingerprint density at radius 3 is 2.23 bits per heavy atom. The molecule has 30 heavy (non-hydrogen) atoms. The number of ether oxygens (including phenoxy) is 3. The van der Waals surface area contributed by atoms with E-state index < -0.39 is 0 Å². The van der Waals surface area contributed by atoms with Gasteiger partial charge in [-0.2, -0.15) is 0 Å². The Hall–Kier alpha value is -3.25. The van der Waals surface area contributed by atoms with Crippen molar-refractivity contribution in [3.05, 3.63) is 83.9 Å². The Morgan fingerprint density at radius 2 is 1.53 bits per heavy atom. The van der Waals surface area contributed by atoms with Crippen LogP contribution in [0, 0.1) is 0 Å². The molecule has 0 aliphatic heterocycles. The second-order valence-electron chi connectivity index (χ2n) is 6.68. The SMILES string of the molecule is COc1ccc(CN(Cc2ccccc2OC)C(=S)Nc2cccc(OC)c2)cc1. The lowest BCUT2D eigenvalue weighted by Gasteiger charge is -2.27. The molecule has 0 unspecified atom stereocenters. The zero-order valence-electron chi connectivity index (χ0n) is 17.4. The van der Waals surface area contributed by atoms with Crippen LogP contribution in [0.2, 0.25) is 0 Å². The molecule has 0 radical (unpaired) electrons. The fourth-order valence-electron chi connectivity index (χ4n) is 3.09. The molecule has 5 nitrogen and oxygen atoms in total. The lowest BCUT2D eigenvalue weighted by Crippen LogP contribution is -2.34. The average molecular weight is 423 g/mol. The third-order valence-electron chi connectivity index (χ3n) is 4.69. The molecule has 0 amide bonds. The van der Waals surface area contributed by atoms with Crippen LogP contribution >= 0.6 is 12.2 Å². The Kier molecular flexibility index (Phi) is 7.51. The highest BCUT2D eigenvalue weighted by atomic mass is 32.1. The van der Waals surface area contributed by atoms with E-state index in [1.165, 1.54) is 0 Å². The number of nitrogens with one attached hydrogen (secondary N) is 1. The van der Waals surface area contributed by atoms with Gasteiger partial charge >= 0.3 is 0 Å². The van der Waals surface area contributed by atoms with Gasteiger partial charge in [-0.3, -0.25) is 0 Å². The van der Waals surface area contributed by atoms with Crippen molar-refractivity contribution in [1.29, 1.82) is 0 Å². The predicted molar refractivity (Wildman–Crippen MR) is 124 cm³/mol. The molecule has 0 atom stereocenters. The molecule has 0 heterocycles. The number of anilines is 1. The van der Waals surface area contributed by atoms with E-state index in [1.807, 2.05) is 72.8 Å². The topological polar surface area (TPSA) is 43.0 Å². The van der Waals surface area contributed by atoms with Crippen molar-refractivity contribution >= 4 is 23.0 Å². The van der Waals surface area contributed by atoms with Gasteiger partial charge in [0, 0.05) is 30.4 Å². The molecule has 0 aliphatic rings. The molecule has 0 aliphatic carbocycles. The summed E-state index contributed by atoms with van der Waals surface area (Å²) in [5, 5.41) is 3.94. The van der Waals surface area contributed by atoms with Gasteiger partial charge in [0.2, 0.25) is 0 Å². The number of rotatable bonds is 8. The Labute approximate surface area is 183 Å². The van der Waals surface area contributed by atoms with E-state index in [1.54, 1.807) is 21.3 Å². The van der Waals surface area contributed by atoms with Crippen molar-refractivity contribution in [1.82, 2.24) is 4.90 Å². The van der Waals surface area contributed by atoms with Crippen LogP contribution in [0.5, 0.6) is 17.2 Å². The van der Waals surface area contributed by atoms with Crippen molar-refractivity contribution in [2.24, 2.45) is 0 Å². The van der Waals surface area contributed by atoms with Crippen LogP contribution in [0.3, 0.4) is 0 Å². The lowest BCUT2D eigenvalue weighted by molar-refractivity contribution is 0.377. The molecule has 0 fully saturated rings. The summed E-state index contributed by atoms with van der Waals surface area (Å²) in [5.41, 5.74) is 3.06. The largest absolute Gasteiger partial charge is 0.497 e. The maximum Gasteiger partial charge on any atom is 0.174 e. The van der Waals surface area contributed by atoms with Crippen LogP contribution in [0.25, 0.3) is 0 Å². The zero-order chi connectivity index (χ0) is 21.3. The number of methoxy groups -OCH3 is 3. The fourth-order valence-corrected chi connectivity index (χ4v) is 3.34.